The normalized spacial score (nSPS) is 14.9. The van der Waals surface area contributed by atoms with E-state index in [1.165, 1.54) is 17.8 Å². The molecule has 0 aromatic heterocycles. The minimum Gasteiger partial charge on any atom is -0.371 e. The Balaban J connectivity index is 1.98. The number of nitrogens with zero attached hydrogens (tertiary/aromatic N) is 2. The second kappa shape index (κ2) is 5.92. The van der Waals surface area contributed by atoms with E-state index in [0.717, 1.165) is 32.7 Å². The third kappa shape index (κ3) is 2.91. The van der Waals surface area contributed by atoms with Gasteiger partial charge in [0.15, 0.2) is 0 Å². The molecule has 1 aliphatic rings. The highest BCUT2D eigenvalue weighted by Gasteiger charge is 2.18. The summed E-state index contributed by atoms with van der Waals surface area (Å²) >= 11 is 0. The van der Waals surface area contributed by atoms with Gasteiger partial charge in [0.05, 0.1) is 11.4 Å². The van der Waals surface area contributed by atoms with Crippen molar-refractivity contribution in [2.24, 2.45) is 0 Å². The number of para-hydroxylation sites is 2. The molecule has 0 saturated heterocycles. The van der Waals surface area contributed by atoms with Gasteiger partial charge in [0, 0.05) is 26.7 Å². The smallest absolute Gasteiger partial charge is 0.0604 e. The summed E-state index contributed by atoms with van der Waals surface area (Å²) in [5.41, 5.74) is 2.75. The van der Waals surface area contributed by atoms with Gasteiger partial charge >= 0.3 is 0 Å². The Kier molecular flexibility index (Phi) is 4.26. The zero-order valence-corrected chi connectivity index (χ0v) is 10.9. The van der Waals surface area contributed by atoms with Gasteiger partial charge in [0.1, 0.15) is 0 Å². The van der Waals surface area contributed by atoms with Crippen LogP contribution in [0.2, 0.25) is 0 Å². The molecule has 94 valence electrons. The molecule has 17 heavy (non-hydrogen) atoms. The van der Waals surface area contributed by atoms with Gasteiger partial charge in [-0.1, -0.05) is 19.1 Å². The van der Waals surface area contributed by atoms with Crippen LogP contribution in [0.15, 0.2) is 24.3 Å². The summed E-state index contributed by atoms with van der Waals surface area (Å²) in [4.78, 5) is 4.85. The highest BCUT2D eigenvalue weighted by molar-refractivity contribution is 5.72. The maximum absolute atomic E-state index is 3.38. The van der Waals surface area contributed by atoms with Gasteiger partial charge < -0.3 is 15.1 Å². The fraction of sp³-hybridized carbons (Fsp3) is 0.571. The first-order chi connectivity index (χ1) is 8.33. The zero-order chi connectivity index (χ0) is 12.1. The van der Waals surface area contributed by atoms with Gasteiger partial charge in [-0.15, -0.1) is 0 Å². The van der Waals surface area contributed by atoms with E-state index in [4.69, 9.17) is 0 Å². The molecule has 0 bridgehead atoms. The van der Waals surface area contributed by atoms with E-state index < -0.39 is 0 Å². The van der Waals surface area contributed by atoms with E-state index in [9.17, 15) is 0 Å². The maximum Gasteiger partial charge on any atom is 0.0604 e. The molecule has 0 radical (unpaired) electrons. The Morgan fingerprint density at radius 3 is 2.71 bits per heavy atom. The number of hydrogen-bond acceptors (Lipinski definition) is 3. The number of rotatable bonds is 5. The molecule has 3 heteroatoms. The lowest BCUT2D eigenvalue weighted by atomic mass is 10.1. The maximum atomic E-state index is 3.38. The van der Waals surface area contributed by atoms with Crippen molar-refractivity contribution < 1.29 is 0 Å². The van der Waals surface area contributed by atoms with Crippen LogP contribution in [0.3, 0.4) is 0 Å². The van der Waals surface area contributed by atoms with Crippen molar-refractivity contribution in [3.05, 3.63) is 24.3 Å². The molecule has 0 aliphatic carbocycles. The molecule has 1 aliphatic heterocycles. The number of benzene rings is 1. The lowest BCUT2D eigenvalue weighted by molar-refractivity contribution is 0.640. The first-order valence-corrected chi connectivity index (χ1v) is 6.58. The van der Waals surface area contributed by atoms with E-state index in [-0.39, 0.29) is 0 Å². The SMILES string of the molecule is CCNCCCN1CCN(C)c2ccccc21. The highest BCUT2D eigenvalue weighted by Crippen LogP contribution is 2.31. The lowest BCUT2D eigenvalue weighted by Crippen LogP contribution is -2.40. The van der Waals surface area contributed by atoms with Crippen LogP contribution in [0, 0.1) is 0 Å². The first kappa shape index (κ1) is 12.2. The average molecular weight is 233 g/mol. The third-order valence-corrected chi connectivity index (χ3v) is 3.37. The molecule has 1 N–H and O–H groups in total. The number of likely N-dealkylation sites (N-methyl/N-ethyl adjacent to an activating group) is 1. The number of fused-ring (bicyclic) bond motifs is 1. The molecule has 1 heterocycles. The van der Waals surface area contributed by atoms with Crippen molar-refractivity contribution in [3.8, 4) is 0 Å². The summed E-state index contributed by atoms with van der Waals surface area (Å²) in [6, 6.07) is 8.71. The van der Waals surface area contributed by atoms with Crippen LogP contribution in [0.5, 0.6) is 0 Å². The quantitative estimate of drug-likeness (QED) is 0.784. The number of anilines is 2. The second-order valence-electron chi connectivity index (χ2n) is 4.60. The zero-order valence-electron chi connectivity index (χ0n) is 10.9. The second-order valence-corrected chi connectivity index (χ2v) is 4.60. The van der Waals surface area contributed by atoms with Crippen LogP contribution in [0.1, 0.15) is 13.3 Å². The molecule has 3 nitrogen and oxygen atoms in total. The lowest BCUT2D eigenvalue weighted by Gasteiger charge is -2.37. The molecule has 0 atom stereocenters. The van der Waals surface area contributed by atoms with Crippen molar-refractivity contribution >= 4 is 11.4 Å². The molecule has 1 aromatic carbocycles. The van der Waals surface area contributed by atoms with E-state index >= 15 is 0 Å². The van der Waals surface area contributed by atoms with E-state index in [1.54, 1.807) is 0 Å². The monoisotopic (exact) mass is 233 g/mol. The van der Waals surface area contributed by atoms with Crippen LogP contribution >= 0.6 is 0 Å². The van der Waals surface area contributed by atoms with E-state index in [0.29, 0.717) is 0 Å². The van der Waals surface area contributed by atoms with Gasteiger partial charge in [-0.2, -0.15) is 0 Å². The first-order valence-electron chi connectivity index (χ1n) is 6.58. The van der Waals surface area contributed by atoms with E-state index in [2.05, 4.69) is 53.4 Å². The summed E-state index contributed by atoms with van der Waals surface area (Å²) in [7, 11) is 2.18. The molecule has 0 saturated carbocycles. The Morgan fingerprint density at radius 1 is 1.18 bits per heavy atom. The summed E-state index contributed by atoms with van der Waals surface area (Å²) in [6.45, 7) is 7.76. The molecule has 0 unspecified atom stereocenters. The van der Waals surface area contributed by atoms with Gasteiger partial charge in [0.2, 0.25) is 0 Å². The van der Waals surface area contributed by atoms with Gasteiger partial charge in [-0.3, -0.25) is 0 Å². The van der Waals surface area contributed by atoms with Crippen molar-refractivity contribution in [2.75, 3.05) is 49.6 Å². The highest BCUT2D eigenvalue weighted by atomic mass is 15.2. The summed E-state index contributed by atoms with van der Waals surface area (Å²) in [5.74, 6) is 0. The molecular weight excluding hydrogens is 210 g/mol. The Hall–Kier alpha value is -1.22. The molecule has 0 fully saturated rings. The van der Waals surface area contributed by atoms with Crippen LogP contribution in [-0.4, -0.2) is 39.8 Å². The van der Waals surface area contributed by atoms with Crippen molar-refractivity contribution in [1.29, 1.82) is 0 Å². The average Bonchev–Trinajstić information content (AvgIpc) is 2.37. The fourth-order valence-corrected chi connectivity index (χ4v) is 2.37. The number of nitrogens with one attached hydrogen (secondary N) is 1. The Labute approximate surface area is 104 Å². The van der Waals surface area contributed by atoms with Gasteiger partial charge in [0.25, 0.3) is 0 Å². The molecule has 2 rings (SSSR count). The topological polar surface area (TPSA) is 18.5 Å². The summed E-state index contributed by atoms with van der Waals surface area (Å²) in [5, 5.41) is 3.38. The van der Waals surface area contributed by atoms with Crippen LogP contribution in [-0.2, 0) is 0 Å². The molecule has 1 aromatic rings. The molecule has 0 spiro atoms. The van der Waals surface area contributed by atoms with Crippen molar-refractivity contribution in [2.45, 2.75) is 13.3 Å². The Morgan fingerprint density at radius 2 is 1.94 bits per heavy atom. The van der Waals surface area contributed by atoms with Crippen molar-refractivity contribution in [3.63, 3.8) is 0 Å². The largest absolute Gasteiger partial charge is 0.371 e. The van der Waals surface area contributed by atoms with Crippen LogP contribution < -0.4 is 15.1 Å². The Bertz CT molecular complexity index is 351. The predicted octanol–water partition coefficient (Wildman–Crippen LogP) is 1.94. The number of hydrogen-bond donors (Lipinski definition) is 1. The summed E-state index contributed by atoms with van der Waals surface area (Å²) < 4.78 is 0. The van der Waals surface area contributed by atoms with Gasteiger partial charge in [-0.05, 0) is 31.6 Å². The molecule has 0 amide bonds. The van der Waals surface area contributed by atoms with Gasteiger partial charge in [-0.25, -0.2) is 0 Å². The minimum absolute atomic E-state index is 1.07. The third-order valence-electron chi connectivity index (χ3n) is 3.37. The van der Waals surface area contributed by atoms with E-state index in [1.807, 2.05) is 0 Å². The summed E-state index contributed by atoms with van der Waals surface area (Å²) in [6.07, 6.45) is 1.21. The predicted molar refractivity (Wildman–Crippen MR) is 75.1 cm³/mol. The minimum atomic E-state index is 1.07. The fourth-order valence-electron chi connectivity index (χ4n) is 2.37. The molecular formula is C14H23N3. The standard InChI is InChI=1S/C14H23N3/c1-3-15-9-6-10-17-12-11-16(2)13-7-4-5-8-14(13)17/h4-5,7-8,15H,3,6,9-12H2,1-2H3. The van der Waals surface area contributed by atoms with Crippen LogP contribution in [0.4, 0.5) is 11.4 Å². The van der Waals surface area contributed by atoms with Crippen LogP contribution in [0.25, 0.3) is 0 Å². The van der Waals surface area contributed by atoms with Crippen molar-refractivity contribution in [1.82, 2.24) is 5.32 Å².